The van der Waals surface area contributed by atoms with Crippen molar-refractivity contribution in [1.82, 2.24) is 0 Å². The summed E-state index contributed by atoms with van der Waals surface area (Å²) < 4.78 is 36.7. The second-order valence-corrected chi connectivity index (χ2v) is 3.25. The average molecular weight is 229 g/mol. The van der Waals surface area contributed by atoms with Crippen molar-refractivity contribution in [2.45, 2.75) is 12.6 Å². The van der Waals surface area contributed by atoms with Crippen LogP contribution >= 0.6 is 0 Å². The van der Waals surface area contributed by atoms with Crippen LogP contribution < -0.4 is 0 Å². The van der Waals surface area contributed by atoms with Crippen molar-refractivity contribution in [2.24, 2.45) is 5.16 Å². The third-order valence-electron chi connectivity index (χ3n) is 2.11. The Kier molecular flexibility index (Phi) is 2.41. The van der Waals surface area contributed by atoms with Crippen LogP contribution in [0.5, 0.6) is 0 Å². The molecule has 0 atom stereocenters. The van der Waals surface area contributed by atoms with E-state index in [1.54, 1.807) is 0 Å². The van der Waals surface area contributed by atoms with E-state index in [-0.39, 0.29) is 6.42 Å². The summed E-state index contributed by atoms with van der Waals surface area (Å²) in [6.07, 6.45) is -4.37. The standard InChI is InChI=1S/C10H6F3NO2/c11-10(12,13)7-3-1-6(2-4-7)8-5-9(15)16-14-8/h1-4H,5H2. The number of carbonyl (C=O) groups excluding carboxylic acids is 1. The fourth-order valence-corrected chi connectivity index (χ4v) is 1.31. The highest BCUT2D eigenvalue weighted by atomic mass is 19.4. The number of alkyl halides is 3. The molecule has 0 bridgehead atoms. The molecule has 1 aliphatic rings. The third kappa shape index (κ3) is 2.05. The summed E-state index contributed by atoms with van der Waals surface area (Å²) in [5.74, 6) is -0.505. The van der Waals surface area contributed by atoms with Crippen LogP contribution in [0.4, 0.5) is 13.2 Å². The molecule has 1 aliphatic heterocycles. The molecule has 0 unspecified atom stereocenters. The Balaban J connectivity index is 2.23. The molecule has 2 rings (SSSR count). The van der Waals surface area contributed by atoms with Crippen LogP contribution in [-0.2, 0) is 15.8 Å². The van der Waals surface area contributed by atoms with E-state index < -0.39 is 17.7 Å². The highest BCUT2D eigenvalue weighted by Crippen LogP contribution is 2.29. The fourth-order valence-electron chi connectivity index (χ4n) is 1.31. The van der Waals surface area contributed by atoms with Gasteiger partial charge in [0.25, 0.3) is 0 Å². The Morgan fingerprint density at radius 2 is 1.81 bits per heavy atom. The molecule has 16 heavy (non-hydrogen) atoms. The molecule has 1 heterocycles. The van der Waals surface area contributed by atoms with E-state index in [1.165, 1.54) is 12.1 Å². The largest absolute Gasteiger partial charge is 0.416 e. The normalized spacial score (nSPS) is 15.9. The Morgan fingerprint density at radius 1 is 1.19 bits per heavy atom. The Labute approximate surface area is 88.5 Å². The monoisotopic (exact) mass is 229 g/mol. The molecule has 0 radical (unpaired) electrons. The van der Waals surface area contributed by atoms with Crippen molar-refractivity contribution in [3.05, 3.63) is 35.4 Å². The first-order valence-corrected chi connectivity index (χ1v) is 4.41. The predicted molar refractivity (Wildman–Crippen MR) is 48.7 cm³/mol. The highest BCUT2D eigenvalue weighted by Gasteiger charge is 2.30. The van der Waals surface area contributed by atoms with Gasteiger partial charge in [-0.2, -0.15) is 13.2 Å². The van der Waals surface area contributed by atoms with Gasteiger partial charge in [-0.1, -0.05) is 17.3 Å². The molecule has 0 spiro atoms. The molecule has 6 heteroatoms. The Bertz CT molecular complexity index is 448. The van der Waals surface area contributed by atoms with Gasteiger partial charge in [0, 0.05) is 0 Å². The first kappa shape index (κ1) is 10.7. The molecule has 84 valence electrons. The van der Waals surface area contributed by atoms with Crippen LogP contribution in [0.25, 0.3) is 0 Å². The van der Waals surface area contributed by atoms with Crippen molar-refractivity contribution in [2.75, 3.05) is 0 Å². The molecule has 1 aromatic rings. The maximum Gasteiger partial charge on any atom is 0.416 e. The van der Waals surface area contributed by atoms with E-state index in [1.807, 2.05) is 0 Å². The van der Waals surface area contributed by atoms with E-state index >= 15 is 0 Å². The van der Waals surface area contributed by atoms with Gasteiger partial charge in [0.05, 0.1) is 17.7 Å². The molecule has 0 saturated carbocycles. The van der Waals surface area contributed by atoms with Crippen LogP contribution in [0, 0.1) is 0 Å². The molecule has 3 nitrogen and oxygen atoms in total. The molecule has 0 amide bonds. The van der Waals surface area contributed by atoms with E-state index in [0.29, 0.717) is 11.3 Å². The van der Waals surface area contributed by atoms with Crippen LogP contribution in [0.2, 0.25) is 0 Å². The SMILES string of the molecule is O=C1CC(c2ccc(C(F)(F)F)cc2)=NO1. The summed E-state index contributed by atoms with van der Waals surface area (Å²) in [7, 11) is 0. The lowest BCUT2D eigenvalue weighted by Crippen LogP contribution is -2.06. The summed E-state index contributed by atoms with van der Waals surface area (Å²) in [5, 5.41) is 3.46. The molecule has 0 saturated heterocycles. The van der Waals surface area contributed by atoms with Gasteiger partial charge in [0.1, 0.15) is 0 Å². The topological polar surface area (TPSA) is 38.7 Å². The van der Waals surface area contributed by atoms with Crippen molar-refractivity contribution in [3.8, 4) is 0 Å². The molecule has 0 aliphatic carbocycles. The minimum Gasteiger partial charge on any atom is -0.318 e. The number of oxime groups is 1. The van der Waals surface area contributed by atoms with Gasteiger partial charge >= 0.3 is 12.1 Å². The lowest BCUT2D eigenvalue weighted by Gasteiger charge is -2.06. The summed E-state index contributed by atoms with van der Waals surface area (Å²) >= 11 is 0. The van der Waals surface area contributed by atoms with Crippen molar-refractivity contribution < 1.29 is 22.8 Å². The fraction of sp³-hybridized carbons (Fsp3) is 0.200. The van der Waals surface area contributed by atoms with Crippen molar-refractivity contribution in [1.29, 1.82) is 0 Å². The first-order valence-electron chi connectivity index (χ1n) is 4.41. The number of carbonyl (C=O) groups is 1. The number of nitrogens with zero attached hydrogens (tertiary/aromatic N) is 1. The van der Waals surface area contributed by atoms with Gasteiger partial charge in [-0.3, -0.25) is 0 Å². The van der Waals surface area contributed by atoms with Crippen molar-refractivity contribution in [3.63, 3.8) is 0 Å². The van der Waals surface area contributed by atoms with E-state index in [9.17, 15) is 18.0 Å². The van der Waals surface area contributed by atoms with Gasteiger partial charge in [0.2, 0.25) is 0 Å². The quantitative estimate of drug-likeness (QED) is 0.693. The minimum absolute atomic E-state index is 0.00857. The van der Waals surface area contributed by atoms with E-state index in [4.69, 9.17) is 0 Å². The highest BCUT2D eigenvalue weighted by molar-refractivity contribution is 6.11. The van der Waals surface area contributed by atoms with Crippen LogP contribution in [-0.4, -0.2) is 11.7 Å². The second-order valence-electron chi connectivity index (χ2n) is 3.25. The lowest BCUT2D eigenvalue weighted by atomic mass is 10.1. The minimum atomic E-state index is -4.36. The second kappa shape index (κ2) is 3.62. The van der Waals surface area contributed by atoms with E-state index in [2.05, 4.69) is 9.99 Å². The molecular formula is C10H6F3NO2. The number of hydrogen-bond donors (Lipinski definition) is 0. The number of rotatable bonds is 1. The molecule has 0 aromatic heterocycles. The summed E-state index contributed by atoms with van der Waals surface area (Å²) in [6.45, 7) is 0. The zero-order valence-corrected chi connectivity index (χ0v) is 7.91. The summed E-state index contributed by atoms with van der Waals surface area (Å²) in [5.41, 5.74) is 0.0691. The van der Waals surface area contributed by atoms with Crippen LogP contribution in [0.3, 0.4) is 0 Å². The predicted octanol–water partition coefficient (Wildman–Crippen LogP) is 2.36. The van der Waals surface area contributed by atoms with Crippen LogP contribution in [0.1, 0.15) is 17.5 Å². The van der Waals surface area contributed by atoms with Gasteiger partial charge in [-0.15, -0.1) is 0 Å². The van der Waals surface area contributed by atoms with Gasteiger partial charge < -0.3 is 4.84 Å². The maximum atomic E-state index is 12.2. The van der Waals surface area contributed by atoms with Crippen LogP contribution in [0.15, 0.2) is 29.4 Å². The lowest BCUT2D eigenvalue weighted by molar-refractivity contribution is -0.140. The number of hydrogen-bond acceptors (Lipinski definition) is 3. The van der Waals surface area contributed by atoms with Gasteiger partial charge in [-0.05, 0) is 17.7 Å². The molecule has 0 N–H and O–H groups in total. The molecule has 0 fully saturated rings. The molecule has 1 aromatic carbocycles. The zero-order chi connectivity index (χ0) is 11.8. The number of halogens is 3. The Morgan fingerprint density at radius 3 is 2.25 bits per heavy atom. The van der Waals surface area contributed by atoms with Crippen molar-refractivity contribution >= 4 is 11.7 Å². The maximum absolute atomic E-state index is 12.2. The van der Waals surface area contributed by atoms with Gasteiger partial charge in [0.15, 0.2) is 0 Å². The summed E-state index contributed by atoms with van der Waals surface area (Å²) in [4.78, 5) is 15.1. The van der Waals surface area contributed by atoms with E-state index in [0.717, 1.165) is 12.1 Å². The first-order chi connectivity index (χ1) is 7.47. The van der Waals surface area contributed by atoms with Gasteiger partial charge in [-0.25, -0.2) is 4.79 Å². The zero-order valence-electron chi connectivity index (χ0n) is 7.91. The number of benzene rings is 1. The average Bonchev–Trinajstić information content (AvgIpc) is 2.64. The Hall–Kier alpha value is -1.85. The molecular weight excluding hydrogens is 223 g/mol. The third-order valence-corrected chi connectivity index (χ3v) is 2.11. The summed E-state index contributed by atoms with van der Waals surface area (Å²) in [6, 6.07) is 4.43. The smallest absolute Gasteiger partial charge is 0.318 e.